The average Bonchev–Trinajstić information content (AvgIpc) is 2.67. The highest BCUT2D eigenvalue weighted by Crippen LogP contribution is 2.35. The van der Waals surface area contributed by atoms with Crippen molar-refractivity contribution >= 4 is 5.78 Å². The second kappa shape index (κ2) is 8.21. The number of carbonyl (C=O) groups is 1. The predicted octanol–water partition coefficient (Wildman–Crippen LogP) is 4.75. The topological polar surface area (TPSA) is 55.8 Å². The number of ether oxygens (including phenoxy) is 2. The van der Waals surface area contributed by atoms with Crippen molar-refractivity contribution in [3.63, 3.8) is 0 Å². The van der Waals surface area contributed by atoms with E-state index in [1.807, 2.05) is 60.7 Å². The number of phenols is 1. The second-order valence-corrected chi connectivity index (χ2v) is 5.92. The molecule has 0 radical (unpaired) electrons. The molecule has 0 amide bonds. The number of phenolic OH excluding ortho intramolecular Hbond substituents is 1. The summed E-state index contributed by atoms with van der Waals surface area (Å²) < 4.78 is 11.5. The van der Waals surface area contributed by atoms with Gasteiger partial charge in [0.2, 0.25) is 0 Å². The van der Waals surface area contributed by atoms with Crippen LogP contribution >= 0.6 is 0 Å². The summed E-state index contributed by atoms with van der Waals surface area (Å²) in [7, 11) is 0. The summed E-state index contributed by atoms with van der Waals surface area (Å²) in [5.41, 5.74) is 2.29. The lowest BCUT2D eigenvalue weighted by Crippen LogP contribution is -2.03. The van der Waals surface area contributed by atoms with Crippen molar-refractivity contribution in [2.75, 3.05) is 0 Å². The van der Waals surface area contributed by atoms with Crippen LogP contribution in [-0.4, -0.2) is 10.9 Å². The Kier molecular flexibility index (Phi) is 5.54. The molecule has 0 spiro atoms. The normalized spacial score (nSPS) is 10.3. The summed E-state index contributed by atoms with van der Waals surface area (Å²) in [5.74, 6) is 0.403. The van der Waals surface area contributed by atoms with Crippen molar-refractivity contribution in [1.82, 2.24) is 0 Å². The first-order chi connectivity index (χ1) is 12.6. The van der Waals surface area contributed by atoms with Crippen LogP contribution < -0.4 is 9.47 Å². The molecule has 0 aliphatic rings. The standard InChI is InChI=1S/C22H20O4/c1-16(23)19-12-20(24)22(26-15-18-10-6-3-7-11-18)13-21(19)25-14-17-8-4-2-5-9-17/h2-13,24H,14-15H2,1H3. The van der Waals surface area contributed by atoms with Gasteiger partial charge in [-0.15, -0.1) is 0 Å². The van der Waals surface area contributed by atoms with Crippen LogP contribution in [0.5, 0.6) is 17.2 Å². The van der Waals surface area contributed by atoms with Crippen LogP contribution in [0.1, 0.15) is 28.4 Å². The van der Waals surface area contributed by atoms with Crippen LogP contribution in [0.3, 0.4) is 0 Å². The SMILES string of the molecule is CC(=O)c1cc(O)c(OCc2ccccc2)cc1OCc1ccccc1. The van der Waals surface area contributed by atoms with E-state index in [1.165, 1.54) is 13.0 Å². The third kappa shape index (κ3) is 4.42. The van der Waals surface area contributed by atoms with E-state index in [4.69, 9.17) is 9.47 Å². The number of rotatable bonds is 7. The van der Waals surface area contributed by atoms with Gasteiger partial charge >= 0.3 is 0 Å². The number of hydrogen-bond donors (Lipinski definition) is 1. The fraction of sp³-hybridized carbons (Fsp3) is 0.136. The first-order valence-electron chi connectivity index (χ1n) is 8.35. The molecule has 0 aliphatic carbocycles. The fourth-order valence-electron chi connectivity index (χ4n) is 2.53. The molecule has 3 aromatic rings. The molecule has 0 bridgehead atoms. The lowest BCUT2D eigenvalue weighted by molar-refractivity contribution is 0.101. The molecular formula is C22H20O4. The van der Waals surface area contributed by atoms with Crippen molar-refractivity contribution < 1.29 is 19.4 Å². The van der Waals surface area contributed by atoms with Crippen molar-refractivity contribution in [1.29, 1.82) is 0 Å². The summed E-state index contributed by atoms with van der Waals surface area (Å²) >= 11 is 0. The molecule has 0 saturated heterocycles. The van der Waals surface area contributed by atoms with E-state index in [0.29, 0.717) is 24.5 Å². The van der Waals surface area contributed by atoms with E-state index < -0.39 is 0 Å². The Bertz CT molecular complexity index is 873. The van der Waals surface area contributed by atoms with Gasteiger partial charge in [-0.1, -0.05) is 60.7 Å². The molecule has 0 heterocycles. The minimum absolute atomic E-state index is 0.0850. The van der Waals surface area contributed by atoms with Gasteiger partial charge in [0.25, 0.3) is 0 Å². The summed E-state index contributed by atoms with van der Waals surface area (Å²) in [6.45, 7) is 2.07. The number of carbonyl (C=O) groups excluding carboxylic acids is 1. The van der Waals surface area contributed by atoms with Crippen molar-refractivity contribution in [2.24, 2.45) is 0 Å². The maximum absolute atomic E-state index is 11.9. The average molecular weight is 348 g/mol. The van der Waals surface area contributed by atoms with E-state index in [9.17, 15) is 9.90 Å². The number of Topliss-reactive ketones (excluding diaryl/α,β-unsaturated/α-hetero) is 1. The maximum atomic E-state index is 11.9. The Balaban J connectivity index is 1.80. The number of benzene rings is 3. The molecule has 0 unspecified atom stereocenters. The van der Waals surface area contributed by atoms with Crippen LogP contribution in [0, 0.1) is 0 Å². The summed E-state index contributed by atoms with van der Waals surface area (Å²) in [5, 5.41) is 10.2. The van der Waals surface area contributed by atoms with Crippen LogP contribution in [0.4, 0.5) is 0 Å². The highest BCUT2D eigenvalue weighted by atomic mass is 16.5. The highest BCUT2D eigenvalue weighted by molar-refractivity contribution is 5.97. The molecule has 1 N–H and O–H groups in total. The smallest absolute Gasteiger partial charge is 0.165 e. The molecule has 0 aromatic heterocycles. The van der Waals surface area contributed by atoms with Gasteiger partial charge in [0.1, 0.15) is 19.0 Å². The van der Waals surface area contributed by atoms with Crippen molar-refractivity contribution in [2.45, 2.75) is 20.1 Å². The Hall–Kier alpha value is -3.27. The summed E-state index contributed by atoms with van der Waals surface area (Å²) in [6.07, 6.45) is 0. The van der Waals surface area contributed by atoms with Crippen LogP contribution in [0.25, 0.3) is 0 Å². The zero-order chi connectivity index (χ0) is 18.4. The molecule has 3 aromatic carbocycles. The zero-order valence-corrected chi connectivity index (χ0v) is 14.5. The number of hydrogen-bond acceptors (Lipinski definition) is 4. The van der Waals surface area contributed by atoms with Gasteiger partial charge in [-0.2, -0.15) is 0 Å². The molecule has 26 heavy (non-hydrogen) atoms. The molecule has 0 fully saturated rings. The lowest BCUT2D eigenvalue weighted by Gasteiger charge is -2.14. The van der Waals surface area contributed by atoms with E-state index in [0.717, 1.165) is 11.1 Å². The molecule has 0 aliphatic heterocycles. The van der Waals surface area contributed by atoms with Crippen LogP contribution in [-0.2, 0) is 13.2 Å². The van der Waals surface area contributed by atoms with Crippen LogP contribution in [0.15, 0.2) is 72.8 Å². The maximum Gasteiger partial charge on any atom is 0.165 e. The van der Waals surface area contributed by atoms with Gasteiger partial charge in [-0.25, -0.2) is 0 Å². The highest BCUT2D eigenvalue weighted by Gasteiger charge is 2.15. The number of aromatic hydroxyl groups is 1. The molecule has 0 saturated carbocycles. The fourth-order valence-corrected chi connectivity index (χ4v) is 2.53. The predicted molar refractivity (Wildman–Crippen MR) is 99.7 cm³/mol. The molecule has 0 atom stereocenters. The van der Waals surface area contributed by atoms with Crippen LogP contribution in [0.2, 0.25) is 0 Å². The quantitative estimate of drug-likeness (QED) is 0.626. The zero-order valence-electron chi connectivity index (χ0n) is 14.5. The van der Waals surface area contributed by atoms with Gasteiger partial charge in [-0.05, 0) is 24.1 Å². The lowest BCUT2D eigenvalue weighted by atomic mass is 10.1. The second-order valence-electron chi connectivity index (χ2n) is 5.92. The van der Waals surface area contributed by atoms with E-state index in [-0.39, 0.29) is 17.3 Å². The minimum Gasteiger partial charge on any atom is -0.504 e. The Morgan fingerprint density at radius 1 is 0.808 bits per heavy atom. The van der Waals surface area contributed by atoms with E-state index in [2.05, 4.69) is 0 Å². The molecule has 4 nitrogen and oxygen atoms in total. The molecule has 4 heteroatoms. The summed E-state index contributed by atoms with van der Waals surface area (Å²) in [6, 6.07) is 22.3. The molecule has 3 rings (SSSR count). The largest absolute Gasteiger partial charge is 0.504 e. The van der Waals surface area contributed by atoms with Crippen molar-refractivity contribution in [3.05, 3.63) is 89.5 Å². The van der Waals surface area contributed by atoms with Gasteiger partial charge < -0.3 is 14.6 Å². The monoisotopic (exact) mass is 348 g/mol. The molecule has 132 valence electrons. The summed E-state index contributed by atoms with van der Waals surface area (Å²) in [4.78, 5) is 11.9. The van der Waals surface area contributed by atoms with Gasteiger partial charge in [0.15, 0.2) is 17.3 Å². The van der Waals surface area contributed by atoms with Gasteiger partial charge in [0, 0.05) is 6.07 Å². The van der Waals surface area contributed by atoms with Gasteiger partial charge in [-0.3, -0.25) is 4.79 Å². The first-order valence-corrected chi connectivity index (χ1v) is 8.35. The van der Waals surface area contributed by atoms with E-state index in [1.54, 1.807) is 6.07 Å². The Labute approximate surface area is 152 Å². The van der Waals surface area contributed by atoms with Gasteiger partial charge in [0.05, 0.1) is 5.56 Å². The van der Waals surface area contributed by atoms with Crippen molar-refractivity contribution in [3.8, 4) is 17.2 Å². The Morgan fingerprint density at radius 2 is 1.31 bits per heavy atom. The molecular weight excluding hydrogens is 328 g/mol. The minimum atomic E-state index is -0.182. The van der Waals surface area contributed by atoms with E-state index >= 15 is 0 Å². The Morgan fingerprint density at radius 3 is 1.81 bits per heavy atom. The first kappa shape index (κ1) is 17.5. The number of ketones is 1. The third-order valence-electron chi connectivity index (χ3n) is 3.91. The third-order valence-corrected chi connectivity index (χ3v) is 3.91.